The molecule has 0 saturated carbocycles. The Morgan fingerprint density at radius 2 is 0.893 bits per heavy atom. The summed E-state index contributed by atoms with van der Waals surface area (Å²) < 4.78 is 0. The average molecular weight is 403 g/mol. The molecule has 0 atom stereocenters. The number of rotatable bonds is 1. The monoisotopic (exact) mass is 402 g/mol. The molecule has 0 unspecified atom stereocenters. The molecule has 0 spiro atoms. The van der Waals surface area contributed by atoms with Gasteiger partial charge in [-0.25, -0.2) is 0 Å². The minimum Gasteiger partial charge on any atom is -0.390 e. The molecule has 166 valence electrons. The zero-order chi connectivity index (χ0) is 22.6. The first-order valence-electron chi connectivity index (χ1n) is 10.0. The Hall–Kier alpha value is -0.570. The van der Waals surface area contributed by atoms with E-state index in [1.807, 2.05) is 62.3 Å². The van der Waals surface area contributed by atoms with Gasteiger partial charge in [0.05, 0.1) is 5.60 Å². The number of hydrogen-bond acceptors (Lipinski definition) is 7. The summed E-state index contributed by atoms with van der Waals surface area (Å²) in [7, 11) is 0. The lowest BCUT2D eigenvalue weighted by atomic mass is 9.71. The van der Waals surface area contributed by atoms with E-state index in [4.69, 9.17) is 0 Å². The molecule has 4 N–H and O–H groups in total. The van der Waals surface area contributed by atoms with Crippen molar-refractivity contribution in [1.82, 2.24) is 10.1 Å². The first-order chi connectivity index (χ1) is 12.1. The molecule has 2 aliphatic rings. The standard InChI is InChI=1S/C11H21NO3.C10H21NO2/c1-8(13)11(14)6-9(2,3)12(15)10(4,5)7-11;1-8(2)6-10(5,12)7-9(3,4)11(8)13/h14-15H,6-7H2,1-5H3;12-13H,6-7H2,1-5H3. The fourth-order valence-electron chi connectivity index (χ4n) is 5.61. The Balaban J connectivity index is 0.000000283. The van der Waals surface area contributed by atoms with Crippen LogP contribution in [0.2, 0.25) is 0 Å². The minimum atomic E-state index is -1.31. The molecule has 7 heteroatoms. The van der Waals surface area contributed by atoms with E-state index in [0.29, 0.717) is 12.8 Å². The summed E-state index contributed by atoms with van der Waals surface area (Å²) in [6.45, 7) is 18.3. The van der Waals surface area contributed by atoms with E-state index >= 15 is 0 Å². The van der Waals surface area contributed by atoms with E-state index in [1.54, 1.807) is 0 Å². The van der Waals surface area contributed by atoms with Gasteiger partial charge < -0.3 is 20.6 Å². The number of ketones is 1. The van der Waals surface area contributed by atoms with Crippen LogP contribution >= 0.6 is 0 Å². The number of hydrogen-bond donors (Lipinski definition) is 4. The quantitative estimate of drug-likeness (QED) is 0.534. The summed E-state index contributed by atoms with van der Waals surface area (Å²) in [4.78, 5) is 11.5. The van der Waals surface area contributed by atoms with E-state index in [2.05, 4.69) is 0 Å². The van der Waals surface area contributed by atoms with Crippen molar-refractivity contribution in [2.24, 2.45) is 0 Å². The van der Waals surface area contributed by atoms with Crippen LogP contribution in [0.3, 0.4) is 0 Å². The Kier molecular flexibility index (Phi) is 6.63. The smallest absolute Gasteiger partial charge is 0.161 e. The second-order valence-electron chi connectivity index (χ2n) is 11.7. The molecule has 0 aromatic rings. The van der Waals surface area contributed by atoms with Gasteiger partial charge in [0.15, 0.2) is 5.78 Å². The number of carbonyl (C=O) groups is 1. The summed E-state index contributed by atoms with van der Waals surface area (Å²) in [5.74, 6) is -0.225. The van der Waals surface area contributed by atoms with Gasteiger partial charge in [-0.1, -0.05) is 0 Å². The first-order valence-corrected chi connectivity index (χ1v) is 10.0. The lowest BCUT2D eigenvalue weighted by Crippen LogP contribution is -2.65. The number of Topliss-reactive ketones (excluding diaryl/α,β-unsaturated/α-hetero) is 1. The molecule has 0 bridgehead atoms. The van der Waals surface area contributed by atoms with Crippen LogP contribution in [0, 0.1) is 0 Å². The normalized spacial score (nSPS) is 30.1. The van der Waals surface area contributed by atoms with Crippen molar-refractivity contribution in [2.45, 2.75) is 128 Å². The van der Waals surface area contributed by atoms with Crippen molar-refractivity contribution in [3.63, 3.8) is 0 Å². The highest BCUT2D eigenvalue weighted by atomic mass is 16.5. The minimum absolute atomic E-state index is 0.225. The summed E-state index contributed by atoms with van der Waals surface area (Å²) in [5, 5.41) is 42.8. The lowest BCUT2D eigenvalue weighted by Gasteiger charge is -2.53. The van der Waals surface area contributed by atoms with Crippen molar-refractivity contribution in [2.75, 3.05) is 0 Å². The maximum absolute atomic E-state index is 11.5. The number of carbonyl (C=O) groups excluding carboxylic acids is 1. The number of piperidine rings is 2. The SMILES string of the molecule is CC(=O)C1(O)CC(C)(C)N(O)C(C)(C)C1.CC1(O)CC(C)(C)N(O)C(C)(C)C1. The van der Waals surface area contributed by atoms with Crippen molar-refractivity contribution < 1.29 is 25.4 Å². The molecule has 0 radical (unpaired) electrons. The van der Waals surface area contributed by atoms with E-state index in [-0.39, 0.29) is 29.7 Å². The highest BCUT2D eigenvalue weighted by Gasteiger charge is 2.53. The fourth-order valence-corrected chi connectivity index (χ4v) is 5.61. The average Bonchev–Trinajstić information content (AvgIpc) is 2.40. The molecule has 2 saturated heterocycles. The molecule has 2 rings (SSSR count). The predicted octanol–water partition coefficient (Wildman–Crippen LogP) is 3.13. The van der Waals surface area contributed by atoms with Crippen LogP contribution in [0.25, 0.3) is 0 Å². The Bertz CT molecular complexity index is 558. The van der Waals surface area contributed by atoms with Gasteiger partial charge >= 0.3 is 0 Å². The van der Waals surface area contributed by atoms with Crippen LogP contribution in [0.4, 0.5) is 0 Å². The van der Waals surface area contributed by atoms with Gasteiger partial charge in [0.25, 0.3) is 0 Å². The van der Waals surface area contributed by atoms with Crippen LogP contribution in [-0.2, 0) is 4.79 Å². The van der Waals surface area contributed by atoms with E-state index in [1.165, 1.54) is 17.1 Å². The zero-order valence-corrected chi connectivity index (χ0v) is 19.4. The summed E-state index contributed by atoms with van der Waals surface area (Å²) in [6, 6.07) is 0. The van der Waals surface area contributed by atoms with Gasteiger partial charge in [0, 0.05) is 35.0 Å². The molecule has 2 aliphatic heterocycles. The molecule has 2 fully saturated rings. The van der Waals surface area contributed by atoms with Crippen molar-refractivity contribution in [3.05, 3.63) is 0 Å². The van der Waals surface area contributed by atoms with Crippen molar-refractivity contribution in [1.29, 1.82) is 0 Å². The Morgan fingerprint density at radius 1 is 0.643 bits per heavy atom. The molecular formula is C21H42N2O5. The second-order valence-corrected chi connectivity index (χ2v) is 11.7. The Labute approximate surface area is 170 Å². The molecule has 2 heterocycles. The topological polar surface area (TPSA) is 104 Å². The third-order valence-electron chi connectivity index (χ3n) is 6.03. The lowest BCUT2D eigenvalue weighted by molar-refractivity contribution is -0.272. The van der Waals surface area contributed by atoms with Gasteiger partial charge in [-0.3, -0.25) is 4.79 Å². The maximum Gasteiger partial charge on any atom is 0.161 e. The molecule has 0 aromatic heterocycles. The van der Waals surface area contributed by atoms with Crippen molar-refractivity contribution >= 4 is 5.78 Å². The van der Waals surface area contributed by atoms with E-state index in [9.17, 15) is 25.4 Å². The summed E-state index contributed by atoms with van der Waals surface area (Å²) >= 11 is 0. The molecule has 0 amide bonds. The maximum atomic E-state index is 11.5. The van der Waals surface area contributed by atoms with Crippen molar-refractivity contribution in [3.8, 4) is 0 Å². The van der Waals surface area contributed by atoms with Gasteiger partial charge in [-0.05, 0) is 82.1 Å². The zero-order valence-electron chi connectivity index (χ0n) is 19.4. The summed E-state index contributed by atoms with van der Waals surface area (Å²) in [6.07, 6.45) is 1.71. The van der Waals surface area contributed by atoms with Crippen LogP contribution in [0.15, 0.2) is 0 Å². The van der Waals surface area contributed by atoms with E-state index < -0.39 is 22.3 Å². The van der Waals surface area contributed by atoms with Crippen LogP contribution in [-0.4, -0.2) is 69.9 Å². The van der Waals surface area contributed by atoms with Gasteiger partial charge in [0.2, 0.25) is 0 Å². The van der Waals surface area contributed by atoms with Crippen LogP contribution in [0.1, 0.15) is 94.9 Å². The van der Waals surface area contributed by atoms with Gasteiger partial charge in [-0.15, -0.1) is 0 Å². The third-order valence-corrected chi connectivity index (χ3v) is 6.03. The van der Waals surface area contributed by atoms with Crippen LogP contribution < -0.4 is 0 Å². The molecule has 0 aliphatic carbocycles. The highest BCUT2D eigenvalue weighted by molar-refractivity contribution is 5.85. The van der Waals surface area contributed by atoms with Crippen LogP contribution in [0.5, 0.6) is 0 Å². The number of aliphatic hydroxyl groups is 2. The largest absolute Gasteiger partial charge is 0.390 e. The molecule has 0 aromatic carbocycles. The molecular weight excluding hydrogens is 360 g/mol. The molecule has 7 nitrogen and oxygen atoms in total. The molecule has 28 heavy (non-hydrogen) atoms. The van der Waals surface area contributed by atoms with Gasteiger partial charge in [0.1, 0.15) is 5.60 Å². The first kappa shape index (κ1) is 25.5. The Morgan fingerprint density at radius 3 is 1.14 bits per heavy atom. The predicted molar refractivity (Wildman–Crippen MR) is 108 cm³/mol. The number of hydroxylamine groups is 4. The van der Waals surface area contributed by atoms with Gasteiger partial charge in [-0.2, -0.15) is 10.1 Å². The number of nitrogens with zero attached hydrogens (tertiary/aromatic N) is 2. The third kappa shape index (κ3) is 5.32. The second kappa shape index (κ2) is 7.29. The fraction of sp³-hybridized carbons (Fsp3) is 0.952. The summed E-state index contributed by atoms with van der Waals surface area (Å²) in [5.41, 5.74) is -3.89. The highest BCUT2D eigenvalue weighted by Crippen LogP contribution is 2.43. The van der Waals surface area contributed by atoms with E-state index in [0.717, 1.165) is 0 Å².